The van der Waals surface area contributed by atoms with Gasteiger partial charge in [-0.25, -0.2) is 0 Å². The van der Waals surface area contributed by atoms with Crippen LogP contribution in [0.15, 0.2) is 4.42 Å². The molecule has 15 heavy (non-hydrogen) atoms. The summed E-state index contributed by atoms with van der Waals surface area (Å²) in [6, 6.07) is 0.651. The van der Waals surface area contributed by atoms with Crippen molar-refractivity contribution in [3.8, 4) is 0 Å². The SMILES string of the molecule is ClCCc1nnc(N2CCCSCC2)o1. The zero-order valence-electron chi connectivity index (χ0n) is 8.49. The van der Waals surface area contributed by atoms with Crippen LogP contribution in [-0.2, 0) is 6.42 Å². The summed E-state index contributed by atoms with van der Waals surface area (Å²) in [4.78, 5) is 2.16. The molecule has 0 aromatic carbocycles. The van der Waals surface area contributed by atoms with E-state index in [1.165, 1.54) is 12.2 Å². The second kappa shape index (κ2) is 5.61. The first-order chi connectivity index (χ1) is 7.40. The highest BCUT2D eigenvalue weighted by Crippen LogP contribution is 2.17. The van der Waals surface area contributed by atoms with E-state index in [1.807, 2.05) is 11.8 Å². The maximum Gasteiger partial charge on any atom is 0.318 e. The lowest BCUT2D eigenvalue weighted by Gasteiger charge is -2.15. The van der Waals surface area contributed by atoms with Crippen LogP contribution in [-0.4, -0.2) is 40.7 Å². The maximum atomic E-state index is 5.61. The van der Waals surface area contributed by atoms with E-state index in [-0.39, 0.29) is 0 Å². The molecule has 0 bridgehead atoms. The van der Waals surface area contributed by atoms with E-state index >= 15 is 0 Å². The van der Waals surface area contributed by atoms with Crippen LogP contribution in [0, 0.1) is 0 Å². The van der Waals surface area contributed by atoms with Crippen molar-refractivity contribution < 1.29 is 4.42 Å². The van der Waals surface area contributed by atoms with E-state index in [1.54, 1.807) is 0 Å². The Morgan fingerprint density at radius 1 is 1.33 bits per heavy atom. The second-order valence-corrected chi connectivity index (χ2v) is 4.97. The molecule has 0 unspecified atom stereocenters. The number of halogens is 1. The van der Waals surface area contributed by atoms with Gasteiger partial charge in [-0.15, -0.1) is 16.7 Å². The fourth-order valence-corrected chi connectivity index (χ4v) is 2.54. The smallest absolute Gasteiger partial charge is 0.318 e. The van der Waals surface area contributed by atoms with E-state index in [0.717, 1.165) is 18.8 Å². The summed E-state index contributed by atoms with van der Waals surface area (Å²) in [5, 5.41) is 8.00. The minimum Gasteiger partial charge on any atom is -0.408 e. The Hall–Kier alpha value is -0.420. The topological polar surface area (TPSA) is 42.2 Å². The molecular formula is C9H14ClN3OS. The Morgan fingerprint density at radius 2 is 2.27 bits per heavy atom. The molecule has 0 aliphatic carbocycles. The van der Waals surface area contributed by atoms with Crippen LogP contribution in [0.25, 0.3) is 0 Å². The predicted octanol–water partition coefficient (Wildman–Crippen LogP) is 1.79. The molecule has 1 aromatic rings. The monoisotopic (exact) mass is 247 g/mol. The predicted molar refractivity (Wildman–Crippen MR) is 62.9 cm³/mol. The van der Waals surface area contributed by atoms with Gasteiger partial charge in [0, 0.05) is 31.1 Å². The minimum absolute atomic E-state index is 0.525. The van der Waals surface area contributed by atoms with Crippen molar-refractivity contribution in [3.05, 3.63) is 5.89 Å². The van der Waals surface area contributed by atoms with Crippen molar-refractivity contribution >= 4 is 29.4 Å². The van der Waals surface area contributed by atoms with Crippen LogP contribution in [0.5, 0.6) is 0 Å². The molecular weight excluding hydrogens is 234 g/mol. The first-order valence-electron chi connectivity index (χ1n) is 5.11. The van der Waals surface area contributed by atoms with E-state index in [9.17, 15) is 0 Å². The van der Waals surface area contributed by atoms with Crippen molar-refractivity contribution in [3.63, 3.8) is 0 Å². The van der Waals surface area contributed by atoms with Gasteiger partial charge in [-0.1, -0.05) is 5.10 Å². The fourth-order valence-electron chi connectivity index (χ4n) is 1.49. The van der Waals surface area contributed by atoms with Gasteiger partial charge in [0.1, 0.15) is 0 Å². The Kier molecular flexibility index (Phi) is 4.14. The van der Waals surface area contributed by atoms with E-state index < -0.39 is 0 Å². The molecule has 0 radical (unpaired) electrons. The lowest BCUT2D eigenvalue weighted by atomic mass is 10.4. The van der Waals surface area contributed by atoms with Crippen molar-refractivity contribution in [2.75, 3.05) is 35.4 Å². The maximum absolute atomic E-state index is 5.61. The molecule has 1 aromatic heterocycles. The molecule has 1 aliphatic heterocycles. The molecule has 0 N–H and O–H groups in total. The van der Waals surface area contributed by atoms with Gasteiger partial charge in [0.05, 0.1) is 0 Å². The first-order valence-corrected chi connectivity index (χ1v) is 6.80. The van der Waals surface area contributed by atoms with Gasteiger partial charge in [0.2, 0.25) is 5.89 Å². The van der Waals surface area contributed by atoms with Gasteiger partial charge in [0.25, 0.3) is 0 Å². The molecule has 0 atom stereocenters. The number of aromatic nitrogens is 2. The number of hydrogen-bond donors (Lipinski definition) is 0. The van der Waals surface area contributed by atoms with Crippen LogP contribution in [0.4, 0.5) is 6.01 Å². The van der Waals surface area contributed by atoms with Crippen LogP contribution in [0.1, 0.15) is 12.3 Å². The number of alkyl halides is 1. The molecule has 6 heteroatoms. The van der Waals surface area contributed by atoms with Gasteiger partial charge in [-0.3, -0.25) is 0 Å². The summed E-state index contributed by atoms with van der Waals surface area (Å²) >= 11 is 7.59. The molecule has 1 saturated heterocycles. The van der Waals surface area contributed by atoms with Crippen LogP contribution < -0.4 is 4.90 Å². The number of rotatable bonds is 3. The van der Waals surface area contributed by atoms with Gasteiger partial charge >= 0.3 is 6.01 Å². The largest absolute Gasteiger partial charge is 0.408 e. The lowest BCUT2D eigenvalue weighted by Crippen LogP contribution is -2.25. The highest BCUT2D eigenvalue weighted by Gasteiger charge is 2.15. The first kappa shape index (κ1) is 11.1. The zero-order valence-corrected chi connectivity index (χ0v) is 10.1. The van der Waals surface area contributed by atoms with Gasteiger partial charge in [-0.2, -0.15) is 11.8 Å². The average Bonchev–Trinajstić information content (AvgIpc) is 2.53. The molecule has 0 saturated carbocycles. The standard InChI is InChI=1S/C9H14ClN3OS/c10-3-2-8-11-12-9(14-8)13-4-1-6-15-7-5-13/h1-7H2. The highest BCUT2D eigenvalue weighted by molar-refractivity contribution is 7.99. The van der Waals surface area contributed by atoms with Crippen molar-refractivity contribution in [1.82, 2.24) is 10.2 Å². The third-order valence-corrected chi connectivity index (χ3v) is 3.49. The van der Waals surface area contributed by atoms with Crippen LogP contribution in [0.2, 0.25) is 0 Å². The van der Waals surface area contributed by atoms with Gasteiger partial charge in [0.15, 0.2) is 0 Å². The Balaban J connectivity index is 2.00. The third-order valence-electron chi connectivity index (χ3n) is 2.26. The van der Waals surface area contributed by atoms with E-state index in [2.05, 4.69) is 15.1 Å². The Morgan fingerprint density at radius 3 is 3.13 bits per heavy atom. The Labute approximate surface area is 98.4 Å². The van der Waals surface area contributed by atoms with Crippen molar-refractivity contribution in [2.24, 2.45) is 0 Å². The van der Waals surface area contributed by atoms with Gasteiger partial charge < -0.3 is 9.32 Å². The van der Waals surface area contributed by atoms with Crippen LogP contribution in [0.3, 0.4) is 0 Å². The molecule has 0 spiro atoms. The summed E-state index contributed by atoms with van der Waals surface area (Å²) in [6.45, 7) is 2.00. The molecule has 0 amide bonds. The fraction of sp³-hybridized carbons (Fsp3) is 0.778. The number of hydrogen-bond acceptors (Lipinski definition) is 5. The summed E-state index contributed by atoms with van der Waals surface area (Å²) < 4.78 is 5.53. The normalized spacial score (nSPS) is 17.8. The summed E-state index contributed by atoms with van der Waals surface area (Å²) in [5.41, 5.74) is 0. The minimum atomic E-state index is 0.525. The molecule has 1 aliphatic rings. The number of thioether (sulfide) groups is 1. The summed E-state index contributed by atoms with van der Waals surface area (Å²) in [7, 11) is 0. The van der Waals surface area contributed by atoms with E-state index in [4.69, 9.17) is 16.0 Å². The summed E-state index contributed by atoms with van der Waals surface area (Å²) in [5.74, 6) is 3.51. The van der Waals surface area contributed by atoms with Crippen LogP contribution >= 0.6 is 23.4 Å². The average molecular weight is 248 g/mol. The quantitative estimate of drug-likeness (QED) is 0.762. The lowest BCUT2D eigenvalue weighted by molar-refractivity contribution is 0.490. The van der Waals surface area contributed by atoms with Gasteiger partial charge in [-0.05, 0) is 12.2 Å². The second-order valence-electron chi connectivity index (χ2n) is 3.37. The summed E-state index contributed by atoms with van der Waals surface area (Å²) in [6.07, 6.45) is 1.83. The van der Waals surface area contributed by atoms with E-state index in [0.29, 0.717) is 24.2 Å². The molecule has 84 valence electrons. The number of nitrogens with zero attached hydrogens (tertiary/aromatic N) is 3. The molecule has 4 nitrogen and oxygen atoms in total. The Bertz CT molecular complexity index is 299. The molecule has 1 fully saturated rings. The van der Waals surface area contributed by atoms with Crippen molar-refractivity contribution in [1.29, 1.82) is 0 Å². The number of anilines is 1. The number of aryl methyl sites for hydroxylation is 1. The molecule has 2 rings (SSSR count). The van der Waals surface area contributed by atoms with Crippen molar-refractivity contribution in [2.45, 2.75) is 12.8 Å². The highest BCUT2D eigenvalue weighted by atomic mass is 35.5. The zero-order chi connectivity index (χ0) is 10.5. The molecule has 2 heterocycles. The third kappa shape index (κ3) is 3.01.